The first-order valence-corrected chi connectivity index (χ1v) is 8.66. The van der Waals surface area contributed by atoms with E-state index in [1.165, 1.54) is 0 Å². The number of pyridine rings is 1. The van der Waals surface area contributed by atoms with Crippen LogP contribution >= 0.6 is 0 Å². The van der Waals surface area contributed by atoms with E-state index in [1.54, 1.807) is 25.6 Å². The lowest BCUT2D eigenvalue weighted by atomic mass is 9.83. The molecule has 3 heterocycles. The van der Waals surface area contributed by atoms with Gasteiger partial charge in [0.15, 0.2) is 0 Å². The van der Waals surface area contributed by atoms with E-state index >= 15 is 0 Å². The lowest BCUT2D eigenvalue weighted by Crippen LogP contribution is -2.52. The first kappa shape index (κ1) is 17.3. The summed E-state index contributed by atoms with van der Waals surface area (Å²) in [5, 5.41) is 0. The number of methoxy groups -OCH3 is 1. The molecule has 24 heavy (non-hydrogen) atoms. The van der Waals surface area contributed by atoms with Crippen LogP contribution in [0.3, 0.4) is 0 Å². The summed E-state index contributed by atoms with van der Waals surface area (Å²) in [5.74, 6) is 0.0571. The van der Waals surface area contributed by atoms with Crippen LogP contribution in [0.5, 0.6) is 0 Å². The van der Waals surface area contributed by atoms with Gasteiger partial charge in [0.05, 0.1) is 30.5 Å². The van der Waals surface area contributed by atoms with Gasteiger partial charge in [-0.15, -0.1) is 0 Å². The van der Waals surface area contributed by atoms with Gasteiger partial charge in [0, 0.05) is 45.6 Å². The van der Waals surface area contributed by atoms with E-state index in [1.807, 2.05) is 11.0 Å². The minimum Gasteiger partial charge on any atom is -0.382 e. The maximum Gasteiger partial charge on any atom is 0.255 e. The van der Waals surface area contributed by atoms with Crippen molar-refractivity contribution >= 4 is 5.91 Å². The average Bonchev–Trinajstić information content (AvgIpc) is 2.63. The molecule has 2 aliphatic rings. The van der Waals surface area contributed by atoms with Gasteiger partial charge in [-0.1, -0.05) is 0 Å². The SMILES string of the molecule is COCCOC1CCOC2(CCN(C(=O)c3cccnc3)CC2)C1. The highest BCUT2D eigenvalue weighted by molar-refractivity contribution is 5.93. The molecular weight excluding hydrogens is 308 g/mol. The Bertz CT molecular complexity index is 529. The molecule has 1 atom stereocenters. The highest BCUT2D eigenvalue weighted by atomic mass is 16.5. The maximum atomic E-state index is 12.5. The van der Waals surface area contributed by atoms with Gasteiger partial charge in [0.25, 0.3) is 5.91 Å². The molecule has 2 fully saturated rings. The Kier molecular flexibility index (Phi) is 5.81. The van der Waals surface area contributed by atoms with E-state index in [-0.39, 0.29) is 17.6 Å². The predicted molar refractivity (Wildman–Crippen MR) is 88.9 cm³/mol. The van der Waals surface area contributed by atoms with E-state index in [0.717, 1.165) is 45.4 Å². The average molecular weight is 334 g/mol. The lowest BCUT2D eigenvalue weighted by molar-refractivity contribution is -0.154. The first-order valence-electron chi connectivity index (χ1n) is 8.66. The third kappa shape index (κ3) is 4.12. The first-order chi connectivity index (χ1) is 11.7. The van der Waals surface area contributed by atoms with Crippen LogP contribution in [0, 0.1) is 0 Å². The number of hydrogen-bond donors (Lipinski definition) is 0. The molecule has 6 nitrogen and oxygen atoms in total. The van der Waals surface area contributed by atoms with Gasteiger partial charge in [-0.2, -0.15) is 0 Å². The summed E-state index contributed by atoms with van der Waals surface area (Å²) in [4.78, 5) is 18.5. The lowest BCUT2D eigenvalue weighted by Gasteiger charge is -2.46. The fourth-order valence-electron chi connectivity index (χ4n) is 3.56. The number of ether oxygens (including phenoxy) is 3. The Hall–Kier alpha value is -1.50. The van der Waals surface area contributed by atoms with Gasteiger partial charge in [-0.05, 0) is 31.4 Å². The van der Waals surface area contributed by atoms with Crippen LogP contribution in [0.1, 0.15) is 36.0 Å². The van der Waals surface area contributed by atoms with Crippen molar-refractivity contribution in [2.24, 2.45) is 0 Å². The molecule has 132 valence electrons. The standard InChI is InChI=1S/C18H26N2O4/c1-22-11-12-23-16-4-10-24-18(13-16)5-8-20(9-6-18)17(21)15-3-2-7-19-14-15/h2-3,7,14,16H,4-6,8-13H2,1H3. The van der Waals surface area contributed by atoms with Gasteiger partial charge >= 0.3 is 0 Å². The largest absolute Gasteiger partial charge is 0.382 e. The molecule has 2 saturated heterocycles. The zero-order valence-corrected chi connectivity index (χ0v) is 14.3. The van der Waals surface area contributed by atoms with Gasteiger partial charge in [-0.3, -0.25) is 9.78 Å². The van der Waals surface area contributed by atoms with Crippen LogP contribution in [0.2, 0.25) is 0 Å². The summed E-state index contributed by atoms with van der Waals surface area (Å²) in [6, 6.07) is 3.61. The molecule has 1 spiro atoms. The van der Waals surface area contributed by atoms with Gasteiger partial charge in [0.1, 0.15) is 0 Å². The van der Waals surface area contributed by atoms with Gasteiger partial charge in [-0.25, -0.2) is 0 Å². The number of aromatic nitrogens is 1. The van der Waals surface area contributed by atoms with E-state index in [9.17, 15) is 4.79 Å². The van der Waals surface area contributed by atoms with E-state index in [0.29, 0.717) is 18.8 Å². The van der Waals surface area contributed by atoms with Crippen molar-refractivity contribution in [2.45, 2.75) is 37.4 Å². The monoisotopic (exact) mass is 334 g/mol. The van der Waals surface area contributed by atoms with Crippen LogP contribution in [0.25, 0.3) is 0 Å². The Labute approximate surface area is 143 Å². The van der Waals surface area contributed by atoms with E-state index in [4.69, 9.17) is 14.2 Å². The normalized spacial score (nSPS) is 23.4. The number of hydrogen-bond acceptors (Lipinski definition) is 5. The Morgan fingerprint density at radius 2 is 2.25 bits per heavy atom. The molecule has 1 unspecified atom stereocenters. The Morgan fingerprint density at radius 3 is 2.96 bits per heavy atom. The van der Waals surface area contributed by atoms with Crippen LogP contribution in [0.15, 0.2) is 24.5 Å². The molecule has 0 aliphatic carbocycles. The van der Waals surface area contributed by atoms with E-state index in [2.05, 4.69) is 4.98 Å². The number of likely N-dealkylation sites (tertiary alicyclic amines) is 1. The highest BCUT2D eigenvalue weighted by Gasteiger charge is 2.41. The van der Waals surface area contributed by atoms with Crippen molar-refractivity contribution in [3.05, 3.63) is 30.1 Å². The molecule has 1 aromatic rings. The van der Waals surface area contributed by atoms with Crippen LogP contribution in [-0.2, 0) is 14.2 Å². The minimum absolute atomic E-state index is 0.0571. The van der Waals surface area contributed by atoms with Crippen LogP contribution in [0.4, 0.5) is 0 Å². The van der Waals surface area contributed by atoms with Gasteiger partial charge < -0.3 is 19.1 Å². The smallest absolute Gasteiger partial charge is 0.255 e. The summed E-state index contributed by atoms with van der Waals surface area (Å²) in [6.45, 7) is 3.42. The fraction of sp³-hybridized carbons (Fsp3) is 0.667. The molecule has 1 aromatic heterocycles. The molecule has 6 heteroatoms. The third-order valence-electron chi connectivity index (χ3n) is 4.96. The molecule has 0 bridgehead atoms. The number of piperidine rings is 1. The molecule has 0 N–H and O–H groups in total. The zero-order valence-electron chi connectivity index (χ0n) is 14.3. The molecule has 1 amide bonds. The maximum absolute atomic E-state index is 12.5. The van der Waals surface area contributed by atoms with Gasteiger partial charge in [0.2, 0.25) is 0 Å². The zero-order chi connectivity index (χ0) is 16.8. The molecule has 0 aromatic carbocycles. The van der Waals surface area contributed by atoms with E-state index < -0.39 is 0 Å². The number of rotatable bonds is 5. The van der Waals surface area contributed by atoms with Crippen molar-refractivity contribution in [3.8, 4) is 0 Å². The number of carbonyl (C=O) groups excluding carboxylic acids is 1. The summed E-state index contributed by atoms with van der Waals surface area (Å²) in [5.41, 5.74) is 0.514. The Morgan fingerprint density at radius 1 is 1.42 bits per heavy atom. The van der Waals surface area contributed by atoms with Crippen molar-refractivity contribution in [1.82, 2.24) is 9.88 Å². The molecule has 2 aliphatic heterocycles. The van der Waals surface area contributed by atoms with Crippen molar-refractivity contribution < 1.29 is 19.0 Å². The predicted octanol–water partition coefficient (Wildman–Crippen LogP) is 1.90. The minimum atomic E-state index is -0.137. The molecule has 0 radical (unpaired) electrons. The second kappa shape index (κ2) is 8.05. The summed E-state index contributed by atoms with van der Waals surface area (Å²) >= 11 is 0. The second-order valence-corrected chi connectivity index (χ2v) is 6.54. The Balaban J connectivity index is 1.53. The quantitative estimate of drug-likeness (QED) is 0.770. The van der Waals surface area contributed by atoms with Crippen LogP contribution in [-0.4, -0.2) is 67.5 Å². The fourth-order valence-corrected chi connectivity index (χ4v) is 3.56. The topological polar surface area (TPSA) is 60.9 Å². The number of amides is 1. The summed E-state index contributed by atoms with van der Waals surface area (Å²) in [7, 11) is 1.68. The van der Waals surface area contributed by atoms with Crippen molar-refractivity contribution in [3.63, 3.8) is 0 Å². The molecule has 0 saturated carbocycles. The third-order valence-corrected chi connectivity index (χ3v) is 4.96. The second-order valence-electron chi connectivity index (χ2n) is 6.54. The summed E-state index contributed by atoms with van der Waals surface area (Å²) in [6.07, 6.45) is 7.11. The number of nitrogens with zero attached hydrogens (tertiary/aromatic N) is 2. The highest BCUT2D eigenvalue weighted by Crippen LogP contribution is 2.36. The van der Waals surface area contributed by atoms with Crippen LogP contribution < -0.4 is 0 Å². The molecule has 3 rings (SSSR count). The molecular formula is C18H26N2O4. The van der Waals surface area contributed by atoms with Crippen molar-refractivity contribution in [1.29, 1.82) is 0 Å². The van der Waals surface area contributed by atoms with Crippen molar-refractivity contribution in [2.75, 3.05) is 40.0 Å². The number of carbonyl (C=O) groups is 1. The summed E-state index contributed by atoms with van der Waals surface area (Å²) < 4.78 is 17.1.